The van der Waals surface area contributed by atoms with E-state index in [1.54, 1.807) is 38.3 Å². The first kappa shape index (κ1) is 24.9. The number of hydrogen-bond acceptors (Lipinski definition) is 5. The van der Waals surface area contributed by atoms with Crippen molar-refractivity contribution in [3.05, 3.63) is 70.6 Å². The average Bonchev–Trinajstić information content (AvgIpc) is 3.71. The predicted molar refractivity (Wildman–Crippen MR) is 148 cm³/mol. The number of halogens is 1. The zero-order valence-electron chi connectivity index (χ0n) is 23.5. The Morgan fingerprint density at radius 2 is 1.98 bits per heavy atom. The van der Waals surface area contributed by atoms with Crippen LogP contribution in [0.3, 0.4) is 0 Å². The Labute approximate surface area is 235 Å². The second-order valence-corrected chi connectivity index (χ2v) is 13.0. The van der Waals surface area contributed by atoms with E-state index in [0.717, 1.165) is 56.2 Å². The largest absolute Gasteiger partial charge is 0.493 e. The Bertz CT molecular complexity index is 1450. The highest BCUT2D eigenvalue weighted by Crippen LogP contribution is 2.75. The van der Waals surface area contributed by atoms with Crippen LogP contribution in [0.15, 0.2) is 48.0 Å². The van der Waals surface area contributed by atoms with Crippen LogP contribution in [0, 0.1) is 17.2 Å². The van der Waals surface area contributed by atoms with Gasteiger partial charge in [-0.2, -0.15) is 0 Å². The van der Waals surface area contributed by atoms with Crippen molar-refractivity contribution in [2.75, 3.05) is 34.4 Å². The molecular weight excluding hydrogens is 507 g/mol. The Hall–Kier alpha value is -2.90. The lowest BCUT2D eigenvalue weighted by Crippen LogP contribution is -2.78. The number of amides is 1. The number of piperidine rings is 1. The van der Waals surface area contributed by atoms with Gasteiger partial charge in [-0.25, -0.2) is 4.39 Å². The van der Waals surface area contributed by atoms with Gasteiger partial charge >= 0.3 is 0 Å². The highest BCUT2D eigenvalue weighted by atomic mass is 19.1. The number of methoxy groups -OCH3 is 2. The summed E-state index contributed by atoms with van der Waals surface area (Å²) in [5, 5.41) is 0. The van der Waals surface area contributed by atoms with Gasteiger partial charge in [0.15, 0.2) is 11.5 Å². The minimum atomic E-state index is -0.885. The molecule has 2 heterocycles. The third-order valence-electron chi connectivity index (χ3n) is 11.3. The maximum absolute atomic E-state index is 14.6. The topological polar surface area (TPSA) is 51.2 Å². The van der Waals surface area contributed by atoms with Crippen LogP contribution in [0.25, 0.3) is 0 Å². The molecular formula is C33H37FN2O4. The molecule has 0 aromatic heterocycles. The zero-order valence-corrected chi connectivity index (χ0v) is 23.5. The van der Waals surface area contributed by atoms with Crippen molar-refractivity contribution in [2.24, 2.45) is 11.3 Å². The van der Waals surface area contributed by atoms with Gasteiger partial charge in [0.1, 0.15) is 17.5 Å². The summed E-state index contributed by atoms with van der Waals surface area (Å²) < 4.78 is 33.9. The van der Waals surface area contributed by atoms with Crippen LogP contribution in [-0.2, 0) is 27.9 Å². The SMILES string of the molecule is COc1ccc2c3c1O[C@@H]1[C@]34CCN(CC3CC3)[C@H](C2)[C@@]42C=C(C(=O)N(C)Cc3ccccc3F)[C@]1(OC)CC2. The molecule has 7 aliphatic rings. The van der Waals surface area contributed by atoms with E-state index in [2.05, 4.69) is 17.0 Å². The minimum absolute atomic E-state index is 0.108. The van der Waals surface area contributed by atoms with Gasteiger partial charge in [0.25, 0.3) is 5.91 Å². The van der Waals surface area contributed by atoms with E-state index in [-0.39, 0.29) is 35.2 Å². The number of nitrogens with zero attached hydrogens (tertiary/aromatic N) is 2. The van der Waals surface area contributed by atoms with Crippen molar-refractivity contribution < 1.29 is 23.4 Å². The monoisotopic (exact) mass is 544 g/mol. The van der Waals surface area contributed by atoms with Gasteiger partial charge in [-0.15, -0.1) is 0 Å². The quantitative estimate of drug-likeness (QED) is 0.509. The van der Waals surface area contributed by atoms with Crippen molar-refractivity contribution in [3.8, 4) is 11.5 Å². The average molecular weight is 545 g/mol. The van der Waals surface area contributed by atoms with E-state index >= 15 is 0 Å². The van der Waals surface area contributed by atoms with Crippen molar-refractivity contribution in [2.45, 2.75) is 68.2 Å². The standard InChI is InChI=1S/C33H37FN2O4/c1-35(19-22-6-4-5-7-24(22)34)29(37)23-17-31-12-13-33(23,39-3)30-32(31)14-15-36(18-20-8-9-20)26(31)16-21-10-11-25(38-2)28(40-30)27(21)32/h4-7,10-11,17,20,26,30H,8-9,12-16,18-19H2,1-3H3/t26-,30-,31-,32+,33-/m1/s1. The van der Waals surface area contributed by atoms with E-state index in [1.165, 1.54) is 30.0 Å². The molecule has 5 atom stereocenters. The van der Waals surface area contributed by atoms with Crippen LogP contribution in [0.1, 0.15) is 48.8 Å². The van der Waals surface area contributed by atoms with Gasteiger partial charge in [0.2, 0.25) is 0 Å². The molecule has 9 rings (SSSR count). The molecule has 2 aromatic rings. The molecule has 2 aliphatic heterocycles. The lowest BCUT2D eigenvalue weighted by Gasteiger charge is -2.70. The number of carbonyl (C=O) groups excluding carboxylic acids is 1. The fourth-order valence-electron chi connectivity index (χ4n) is 9.41. The molecule has 4 bridgehead atoms. The maximum Gasteiger partial charge on any atom is 0.252 e. The summed E-state index contributed by atoms with van der Waals surface area (Å²) in [6.07, 6.45) is 8.23. The maximum atomic E-state index is 14.6. The van der Waals surface area contributed by atoms with Crippen molar-refractivity contribution in [3.63, 3.8) is 0 Å². The van der Waals surface area contributed by atoms with Gasteiger partial charge in [0, 0.05) is 55.4 Å². The van der Waals surface area contributed by atoms with Crippen LogP contribution in [0.5, 0.6) is 11.5 Å². The van der Waals surface area contributed by atoms with Gasteiger partial charge in [-0.1, -0.05) is 30.3 Å². The lowest BCUT2D eigenvalue weighted by molar-refractivity contribution is -0.198. The second kappa shape index (κ2) is 8.32. The number of carbonyl (C=O) groups is 1. The van der Waals surface area contributed by atoms with Gasteiger partial charge in [-0.05, 0) is 68.7 Å². The molecule has 0 unspecified atom stereocenters. The van der Waals surface area contributed by atoms with Crippen LogP contribution < -0.4 is 9.47 Å². The highest BCUT2D eigenvalue weighted by molar-refractivity contribution is 5.97. The van der Waals surface area contributed by atoms with Gasteiger partial charge in [0.05, 0.1) is 12.5 Å². The molecule has 2 saturated carbocycles. The van der Waals surface area contributed by atoms with E-state index < -0.39 is 5.60 Å². The number of hydrogen-bond donors (Lipinski definition) is 0. The third-order valence-corrected chi connectivity index (χ3v) is 11.3. The number of likely N-dealkylation sites (tertiary alicyclic amines) is 1. The second-order valence-electron chi connectivity index (χ2n) is 13.0. The van der Waals surface area contributed by atoms with Crippen LogP contribution in [0.4, 0.5) is 4.39 Å². The summed E-state index contributed by atoms with van der Waals surface area (Å²) >= 11 is 0. The Morgan fingerprint density at radius 1 is 1.15 bits per heavy atom. The first-order chi connectivity index (χ1) is 19.4. The molecule has 1 saturated heterocycles. The summed E-state index contributed by atoms with van der Waals surface area (Å²) in [6, 6.07) is 11.3. The van der Waals surface area contributed by atoms with Gasteiger partial charge < -0.3 is 19.1 Å². The molecule has 1 amide bonds. The highest BCUT2D eigenvalue weighted by Gasteiger charge is 2.79. The summed E-state index contributed by atoms with van der Waals surface area (Å²) in [6.45, 7) is 2.36. The molecule has 0 N–H and O–H groups in total. The molecule has 5 aliphatic carbocycles. The molecule has 2 aromatic carbocycles. The molecule has 3 fully saturated rings. The smallest absolute Gasteiger partial charge is 0.252 e. The summed E-state index contributed by atoms with van der Waals surface area (Å²) in [4.78, 5) is 18.8. The van der Waals surface area contributed by atoms with E-state index in [0.29, 0.717) is 17.2 Å². The number of fused-ring (bicyclic) bond motifs is 1. The molecule has 40 heavy (non-hydrogen) atoms. The van der Waals surface area contributed by atoms with E-state index in [9.17, 15) is 9.18 Å². The molecule has 0 radical (unpaired) electrons. The number of benzene rings is 2. The van der Waals surface area contributed by atoms with Crippen LogP contribution in [0.2, 0.25) is 0 Å². The Kier molecular flexibility index (Phi) is 5.17. The summed E-state index contributed by atoms with van der Waals surface area (Å²) in [7, 11) is 5.19. The Balaban J connectivity index is 1.29. The first-order valence-electron chi connectivity index (χ1n) is 14.8. The van der Waals surface area contributed by atoms with Crippen molar-refractivity contribution in [1.29, 1.82) is 0 Å². The number of rotatable bonds is 7. The van der Waals surface area contributed by atoms with Crippen LogP contribution >= 0.6 is 0 Å². The number of likely N-dealkylation sites (N-methyl/N-ethyl adjacent to an activating group) is 1. The third kappa shape index (κ3) is 2.93. The minimum Gasteiger partial charge on any atom is -0.493 e. The first-order valence-corrected chi connectivity index (χ1v) is 14.8. The molecule has 2 spiro atoms. The molecule has 6 nitrogen and oxygen atoms in total. The normalized spacial score (nSPS) is 34.6. The Morgan fingerprint density at radius 3 is 2.73 bits per heavy atom. The van der Waals surface area contributed by atoms with E-state index in [1.807, 2.05) is 12.1 Å². The molecule has 7 heteroatoms. The fourth-order valence-corrected chi connectivity index (χ4v) is 9.41. The fraction of sp³-hybridized carbons (Fsp3) is 0.545. The zero-order chi connectivity index (χ0) is 27.4. The van der Waals surface area contributed by atoms with Crippen molar-refractivity contribution in [1.82, 2.24) is 9.80 Å². The number of ether oxygens (including phenoxy) is 3. The molecule has 210 valence electrons. The summed E-state index contributed by atoms with van der Waals surface area (Å²) in [5.74, 6) is 1.98. The van der Waals surface area contributed by atoms with Crippen molar-refractivity contribution >= 4 is 5.91 Å². The van der Waals surface area contributed by atoms with E-state index in [4.69, 9.17) is 14.2 Å². The van der Waals surface area contributed by atoms with Gasteiger partial charge in [-0.3, -0.25) is 9.69 Å². The predicted octanol–water partition coefficient (Wildman–Crippen LogP) is 4.64. The van der Waals surface area contributed by atoms with Crippen LogP contribution in [-0.4, -0.2) is 67.8 Å². The summed E-state index contributed by atoms with van der Waals surface area (Å²) in [5.41, 5.74) is 2.44. The lowest BCUT2D eigenvalue weighted by atomic mass is 9.37.